The molecule has 0 aromatic carbocycles. The van der Waals surface area contributed by atoms with E-state index >= 15 is 0 Å². The number of nitrogens with two attached hydrogens (primary N) is 1. The largest absolute Gasteiger partial charge is 0.383 e. The molecular formula is C23H29N5O2S2. The molecule has 5 aliphatic rings. The lowest BCUT2D eigenvalue weighted by atomic mass is 9.53. The minimum atomic E-state index is -0.362. The highest BCUT2D eigenvalue weighted by molar-refractivity contribution is 7.99. The van der Waals surface area contributed by atoms with Gasteiger partial charge in [0, 0.05) is 10.4 Å². The van der Waals surface area contributed by atoms with Gasteiger partial charge in [0.25, 0.3) is 0 Å². The van der Waals surface area contributed by atoms with E-state index in [0.29, 0.717) is 11.0 Å². The molecule has 4 bridgehead atoms. The molecule has 3 amide bonds. The number of anilines is 1. The molecule has 7 nitrogen and oxygen atoms in total. The average molecular weight is 472 g/mol. The van der Waals surface area contributed by atoms with Crippen LogP contribution in [0.5, 0.6) is 0 Å². The van der Waals surface area contributed by atoms with Crippen molar-refractivity contribution >= 4 is 51.1 Å². The molecule has 4 fully saturated rings. The van der Waals surface area contributed by atoms with Gasteiger partial charge in [0.05, 0.1) is 11.1 Å². The van der Waals surface area contributed by atoms with Gasteiger partial charge in [0.2, 0.25) is 5.91 Å². The van der Waals surface area contributed by atoms with Crippen molar-refractivity contribution < 1.29 is 9.59 Å². The maximum absolute atomic E-state index is 12.6. The average Bonchev–Trinajstić information content (AvgIpc) is 3.09. The Labute approximate surface area is 195 Å². The fourth-order valence-electron chi connectivity index (χ4n) is 7.06. The number of hydrogen-bond acceptors (Lipinski definition) is 7. The fraction of sp³-hybridized carbons (Fsp3) is 0.652. The van der Waals surface area contributed by atoms with E-state index in [9.17, 15) is 9.59 Å². The van der Waals surface area contributed by atoms with E-state index in [0.717, 1.165) is 60.1 Å². The van der Waals surface area contributed by atoms with Crippen molar-refractivity contribution in [2.24, 2.45) is 17.8 Å². The van der Waals surface area contributed by atoms with Crippen molar-refractivity contribution in [1.29, 1.82) is 0 Å². The molecular weight excluding hydrogens is 442 g/mol. The summed E-state index contributed by atoms with van der Waals surface area (Å²) in [5.41, 5.74) is 7.46. The Morgan fingerprint density at radius 3 is 2.47 bits per heavy atom. The Balaban J connectivity index is 1.07. The smallest absolute Gasteiger partial charge is 0.321 e. The van der Waals surface area contributed by atoms with Crippen LogP contribution >= 0.6 is 23.1 Å². The molecule has 9 heteroatoms. The van der Waals surface area contributed by atoms with Crippen molar-refractivity contribution in [3.8, 4) is 0 Å². The summed E-state index contributed by atoms with van der Waals surface area (Å²) in [4.78, 5) is 36.4. The van der Waals surface area contributed by atoms with Gasteiger partial charge >= 0.3 is 6.03 Å². The van der Waals surface area contributed by atoms with Gasteiger partial charge in [-0.1, -0.05) is 11.8 Å². The molecule has 0 spiro atoms. The van der Waals surface area contributed by atoms with Crippen molar-refractivity contribution in [2.45, 2.75) is 74.9 Å². The number of imide groups is 1. The fourth-order valence-corrected chi connectivity index (χ4v) is 9.04. The number of fused-ring (bicyclic) bond motifs is 3. The summed E-state index contributed by atoms with van der Waals surface area (Å²) >= 11 is 2.92. The van der Waals surface area contributed by atoms with Crippen molar-refractivity contribution in [3.05, 3.63) is 10.4 Å². The number of nitrogen functional groups attached to an aromatic ring is 1. The summed E-state index contributed by atoms with van der Waals surface area (Å²) < 4.78 is 0. The Hall–Kier alpha value is -1.87. The predicted molar refractivity (Wildman–Crippen MR) is 127 cm³/mol. The molecule has 170 valence electrons. The van der Waals surface area contributed by atoms with E-state index in [1.54, 1.807) is 11.3 Å². The molecule has 0 saturated heterocycles. The van der Waals surface area contributed by atoms with Gasteiger partial charge in [-0.3, -0.25) is 10.1 Å². The highest BCUT2D eigenvalue weighted by Crippen LogP contribution is 2.55. The molecule has 2 aromatic heterocycles. The second-order valence-electron chi connectivity index (χ2n) is 10.3. The van der Waals surface area contributed by atoms with E-state index < -0.39 is 0 Å². The lowest BCUT2D eigenvalue weighted by molar-refractivity contribution is -0.117. The summed E-state index contributed by atoms with van der Waals surface area (Å²) in [5.74, 6) is 2.49. The van der Waals surface area contributed by atoms with Crippen LogP contribution in [0, 0.1) is 17.8 Å². The van der Waals surface area contributed by atoms with Crippen LogP contribution in [-0.2, 0) is 17.6 Å². The monoisotopic (exact) mass is 471 g/mol. The molecule has 4 N–H and O–H groups in total. The van der Waals surface area contributed by atoms with Crippen molar-refractivity contribution in [2.75, 3.05) is 11.5 Å². The van der Waals surface area contributed by atoms with Crippen LogP contribution in [0.4, 0.5) is 10.6 Å². The van der Waals surface area contributed by atoms with Gasteiger partial charge in [-0.15, -0.1) is 11.3 Å². The number of aryl methyl sites for hydroxylation is 2. The summed E-state index contributed by atoms with van der Waals surface area (Å²) in [6, 6.07) is -0.362. The Kier molecular flexibility index (Phi) is 5.09. The number of thiophene rings is 1. The van der Waals surface area contributed by atoms with E-state index in [1.807, 2.05) is 0 Å². The number of carbonyl (C=O) groups is 2. The number of amides is 3. The first-order valence-corrected chi connectivity index (χ1v) is 13.6. The van der Waals surface area contributed by atoms with Crippen molar-refractivity contribution in [1.82, 2.24) is 20.6 Å². The number of carbonyl (C=O) groups excluding carboxylic acids is 2. The molecule has 2 heterocycles. The minimum Gasteiger partial charge on any atom is -0.383 e. The van der Waals surface area contributed by atoms with Crippen LogP contribution in [0.3, 0.4) is 0 Å². The van der Waals surface area contributed by atoms with Gasteiger partial charge in [-0.05, 0) is 87.5 Å². The highest BCUT2D eigenvalue weighted by Gasteiger charge is 2.51. The maximum atomic E-state index is 12.6. The van der Waals surface area contributed by atoms with Gasteiger partial charge in [0.1, 0.15) is 10.6 Å². The number of urea groups is 1. The van der Waals surface area contributed by atoms with Crippen LogP contribution in [0.25, 0.3) is 10.2 Å². The SMILES string of the molecule is Nc1nc(SCC(=O)NC(=O)NC23CC4CC(CC(C4)C2)C3)nc2sc3c(c12)CCCC3. The molecule has 0 radical (unpaired) electrons. The number of nitrogens with one attached hydrogen (secondary N) is 2. The van der Waals surface area contributed by atoms with Crippen molar-refractivity contribution in [3.63, 3.8) is 0 Å². The van der Waals surface area contributed by atoms with Crippen LogP contribution < -0.4 is 16.4 Å². The summed E-state index contributed by atoms with van der Waals surface area (Å²) in [7, 11) is 0. The third kappa shape index (κ3) is 3.77. The van der Waals surface area contributed by atoms with Crippen LogP contribution in [-0.4, -0.2) is 33.2 Å². The first-order chi connectivity index (χ1) is 15.5. The Morgan fingerprint density at radius 1 is 1.06 bits per heavy atom. The van der Waals surface area contributed by atoms with E-state index in [1.165, 1.54) is 54.3 Å². The Bertz CT molecular complexity index is 1060. The first kappa shape index (κ1) is 20.7. The zero-order chi connectivity index (χ0) is 21.9. The number of nitrogens with zero attached hydrogens (tertiary/aromatic N) is 2. The lowest BCUT2D eigenvalue weighted by Crippen LogP contribution is -2.61. The lowest BCUT2D eigenvalue weighted by Gasteiger charge is -2.56. The van der Waals surface area contributed by atoms with E-state index in [-0.39, 0.29) is 23.2 Å². The van der Waals surface area contributed by atoms with Gasteiger partial charge in [-0.2, -0.15) is 0 Å². The third-order valence-corrected chi connectivity index (χ3v) is 9.86. The maximum Gasteiger partial charge on any atom is 0.321 e. The van der Waals surface area contributed by atoms with Crippen LogP contribution in [0.1, 0.15) is 61.8 Å². The summed E-state index contributed by atoms with van der Waals surface area (Å²) in [6.07, 6.45) is 11.7. The first-order valence-electron chi connectivity index (χ1n) is 11.8. The van der Waals surface area contributed by atoms with Crippen LogP contribution in [0.2, 0.25) is 0 Å². The number of hydrogen-bond donors (Lipinski definition) is 3. The Morgan fingerprint density at radius 2 is 1.75 bits per heavy atom. The number of thioether (sulfide) groups is 1. The second-order valence-corrected chi connectivity index (χ2v) is 12.3. The van der Waals surface area contributed by atoms with Crippen LogP contribution in [0.15, 0.2) is 5.16 Å². The molecule has 0 unspecified atom stereocenters. The summed E-state index contributed by atoms with van der Waals surface area (Å²) in [5, 5.41) is 7.19. The molecule has 32 heavy (non-hydrogen) atoms. The van der Waals surface area contributed by atoms with Gasteiger partial charge in [-0.25, -0.2) is 14.8 Å². The normalized spacial score (nSPS) is 30.3. The highest BCUT2D eigenvalue weighted by atomic mass is 32.2. The van der Waals surface area contributed by atoms with E-state index in [2.05, 4.69) is 20.6 Å². The molecule has 4 saturated carbocycles. The third-order valence-electron chi connectivity index (χ3n) is 7.82. The molecule has 7 rings (SSSR count). The molecule has 5 aliphatic carbocycles. The second kappa shape index (κ2) is 7.87. The topological polar surface area (TPSA) is 110 Å². The van der Waals surface area contributed by atoms with E-state index in [4.69, 9.17) is 5.73 Å². The molecule has 0 aliphatic heterocycles. The zero-order valence-electron chi connectivity index (χ0n) is 18.1. The van der Waals surface area contributed by atoms with Gasteiger partial charge < -0.3 is 11.1 Å². The number of aromatic nitrogens is 2. The standard InChI is InChI=1S/C23H29N5O2S2/c24-19-18-15-3-1-2-4-16(15)32-20(18)27-22(26-19)31-11-17(29)25-21(30)28-23-8-12-5-13(9-23)7-14(6-12)10-23/h12-14H,1-11H2,(H2,24,26,27)(H2,25,28,29,30). The van der Waals surface area contributed by atoms with Gasteiger partial charge in [0.15, 0.2) is 5.16 Å². The minimum absolute atomic E-state index is 0.0876. The predicted octanol–water partition coefficient (Wildman–Crippen LogP) is 4.04. The molecule has 2 aromatic rings. The number of rotatable bonds is 4. The zero-order valence-corrected chi connectivity index (χ0v) is 19.7. The quantitative estimate of drug-likeness (QED) is 0.459. The molecule has 0 atom stereocenters. The summed E-state index contributed by atoms with van der Waals surface area (Å²) in [6.45, 7) is 0.